The zero-order valence-corrected chi connectivity index (χ0v) is 16.6. The summed E-state index contributed by atoms with van der Waals surface area (Å²) in [5, 5.41) is 2.77. The molecule has 0 aliphatic rings. The summed E-state index contributed by atoms with van der Waals surface area (Å²) in [6, 6.07) is 0. The van der Waals surface area contributed by atoms with Crippen molar-refractivity contribution in [3.05, 3.63) is 48.6 Å². The lowest BCUT2D eigenvalue weighted by Gasteiger charge is -2.00. The van der Waals surface area contributed by atoms with Gasteiger partial charge in [0.05, 0.1) is 0 Å². The second-order valence-corrected chi connectivity index (χ2v) is 6.34. The van der Waals surface area contributed by atoms with E-state index in [1.807, 2.05) is 0 Å². The van der Waals surface area contributed by atoms with Gasteiger partial charge in [-0.15, -0.1) is 11.6 Å². The Kier molecular flexibility index (Phi) is 19.7. The zero-order valence-electron chi connectivity index (χ0n) is 15.9. The van der Waals surface area contributed by atoms with Crippen LogP contribution < -0.4 is 5.32 Å². The predicted molar refractivity (Wildman–Crippen MR) is 112 cm³/mol. The minimum absolute atomic E-state index is 0.0528. The second kappa shape index (κ2) is 20.8. The van der Waals surface area contributed by atoms with E-state index in [9.17, 15) is 4.79 Å². The molecule has 2 nitrogen and oxygen atoms in total. The summed E-state index contributed by atoms with van der Waals surface area (Å²) in [5.41, 5.74) is 0. The molecule has 1 amide bonds. The third-order valence-corrected chi connectivity index (χ3v) is 3.94. The number of carbonyl (C=O) groups is 1. The lowest BCUT2D eigenvalue weighted by atomic mass is 10.2. The van der Waals surface area contributed by atoms with Crippen molar-refractivity contribution in [2.75, 3.05) is 12.4 Å². The number of allylic oxidation sites excluding steroid dienone is 8. The molecule has 0 aliphatic heterocycles. The molecule has 0 aliphatic carbocycles. The summed E-state index contributed by atoms with van der Waals surface area (Å²) in [4.78, 5) is 10.9. The van der Waals surface area contributed by atoms with E-state index in [-0.39, 0.29) is 11.8 Å². The first-order chi connectivity index (χ1) is 12.3. The number of unbranched alkanes of at least 4 members (excludes halogenated alkanes) is 5. The summed E-state index contributed by atoms with van der Waals surface area (Å²) in [6.07, 6.45) is 29.3. The predicted octanol–water partition coefficient (Wildman–Crippen LogP) is 6.49. The molecule has 0 bridgehead atoms. The molecule has 0 unspecified atom stereocenters. The maximum absolute atomic E-state index is 10.9. The van der Waals surface area contributed by atoms with Gasteiger partial charge in [-0.3, -0.25) is 4.79 Å². The molecule has 0 saturated heterocycles. The summed E-state index contributed by atoms with van der Waals surface area (Å²) in [7, 11) is 0. The average molecular weight is 366 g/mol. The van der Waals surface area contributed by atoms with E-state index in [1.54, 1.807) is 0 Å². The van der Waals surface area contributed by atoms with E-state index in [0.717, 1.165) is 45.1 Å². The topological polar surface area (TPSA) is 29.1 Å². The van der Waals surface area contributed by atoms with E-state index >= 15 is 0 Å². The molecule has 0 heterocycles. The number of hydrogen-bond acceptors (Lipinski definition) is 1. The number of halogens is 1. The molecule has 25 heavy (non-hydrogen) atoms. The minimum atomic E-state index is -0.0839. The molecular formula is C22H36ClNO. The van der Waals surface area contributed by atoms with Gasteiger partial charge in [-0.1, -0.05) is 68.4 Å². The molecule has 0 rings (SSSR count). The van der Waals surface area contributed by atoms with Crippen molar-refractivity contribution in [1.29, 1.82) is 0 Å². The molecule has 0 aromatic rings. The molecular weight excluding hydrogens is 330 g/mol. The first-order valence-electron chi connectivity index (χ1n) is 9.73. The van der Waals surface area contributed by atoms with E-state index < -0.39 is 0 Å². The Morgan fingerprint density at radius 1 is 0.760 bits per heavy atom. The van der Waals surface area contributed by atoms with Crippen LogP contribution in [-0.2, 0) is 4.79 Å². The lowest BCUT2D eigenvalue weighted by Crippen LogP contribution is -2.25. The van der Waals surface area contributed by atoms with Crippen LogP contribution in [0.2, 0.25) is 0 Å². The van der Waals surface area contributed by atoms with Gasteiger partial charge in [0.2, 0.25) is 5.91 Å². The Morgan fingerprint density at radius 3 is 1.72 bits per heavy atom. The minimum Gasteiger partial charge on any atom is -0.355 e. The van der Waals surface area contributed by atoms with Gasteiger partial charge in [-0.2, -0.15) is 0 Å². The van der Waals surface area contributed by atoms with Gasteiger partial charge in [-0.25, -0.2) is 0 Å². The largest absolute Gasteiger partial charge is 0.355 e. The normalized spacial score (nSPS) is 12.2. The van der Waals surface area contributed by atoms with Crippen molar-refractivity contribution < 1.29 is 4.79 Å². The van der Waals surface area contributed by atoms with Crippen LogP contribution in [0.3, 0.4) is 0 Å². The first kappa shape index (κ1) is 23.7. The summed E-state index contributed by atoms with van der Waals surface area (Å²) in [6.45, 7) is 2.96. The van der Waals surface area contributed by atoms with Crippen LogP contribution in [0.4, 0.5) is 0 Å². The number of amides is 1. The van der Waals surface area contributed by atoms with E-state index in [2.05, 4.69) is 60.8 Å². The number of rotatable bonds is 16. The fourth-order valence-electron chi connectivity index (χ4n) is 2.22. The monoisotopic (exact) mass is 365 g/mol. The van der Waals surface area contributed by atoms with Crippen molar-refractivity contribution in [1.82, 2.24) is 5.32 Å². The summed E-state index contributed by atoms with van der Waals surface area (Å²) >= 11 is 5.40. The van der Waals surface area contributed by atoms with E-state index in [4.69, 9.17) is 11.6 Å². The van der Waals surface area contributed by atoms with Crippen molar-refractivity contribution in [3.63, 3.8) is 0 Å². The quantitative estimate of drug-likeness (QED) is 0.189. The second-order valence-electron chi connectivity index (χ2n) is 6.07. The van der Waals surface area contributed by atoms with Gasteiger partial charge in [0.25, 0.3) is 0 Å². The molecule has 1 N–H and O–H groups in total. The number of carbonyl (C=O) groups excluding carboxylic acids is 1. The summed E-state index contributed by atoms with van der Waals surface area (Å²) < 4.78 is 0. The number of alkyl halides is 1. The SMILES string of the molecule is CCCCCC=CCC=CCC=CCC=CCCCCNC(=O)CCl. The Morgan fingerprint density at radius 2 is 1.24 bits per heavy atom. The molecule has 0 saturated carbocycles. The molecule has 0 radical (unpaired) electrons. The smallest absolute Gasteiger partial charge is 0.234 e. The Labute approximate surface area is 160 Å². The number of nitrogens with one attached hydrogen (secondary N) is 1. The van der Waals surface area contributed by atoms with Crippen molar-refractivity contribution in [2.24, 2.45) is 0 Å². The highest BCUT2D eigenvalue weighted by Gasteiger charge is 1.95. The lowest BCUT2D eigenvalue weighted by molar-refractivity contribution is -0.118. The Balaban J connectivity index is 3.39. The average Bonchev–Trinajstić information content (AvgIpc) is 2.63. The third kappa shape index (κ3) is 20.7. The molecule has 142 valence electrons. The third-order valence-electron chi connectivity index (χ3n) is 3.70. The highest BCUT2D eigenvalue weighted by Crippen LogP contribution is 2.01. The van der Waals surface area contributed by atoms with Crippen LogP contribution in [0.25, 0.3) is 0 Å². The van der Waals surface area contributed by atoms with E-state index in [1.165, 1.54) is 25.7 Å². The van der Waals surface area contributed by atoms with Gasteiger partial charge in [0.15, 0.2) is 0 Å². The highest BCUT2D eigenvalue weighted by molar-refractivity contribution is 6.27. The molecule has 0 fully saturated rings. The fourth-order valence-corrected chi connectivity index (χ4v) is 2.32. The first-order valence-corrected chi connectivity index (χ1v) is 10.3. The standard InChI is InChI=1S/C22H36ClNO/c1-2-3-4-5-6-7-8-9-10-11-12-13-14-15-16-17-18-19-20-24-22(25)21-23/h6-7,9-10,12-13,15-16H,2-5,8,11,14,17-21H2,1H3,(H,24,25). The Hall–Kier alpha value is -1.28. The van der Waals surface area contributed by atoms with Crippen LogP contribution in [0, 0.1) is 0 Å². The maximum Gasteiger partial charge on any atom is 0.234 e. The van der Waals surface area contributed by atoms with Crippen molar-refractivity contribution >= 4 is 17.5 Å². The molecule has 3 heteroatoms. The van der Waals surface area contributed by atoms with Gasteiger partial charge in [0, 0.05) is 6.54 Å². The maximum atomic E-state index is 10.9. The highest BCUT2D eigenvalue weighted by atomic mass is 35.5. The van der Waals surface area contributed by atoms with E-state index in [0.29, 0.717) is 0 Å². The van der Waals surface area contributed by atoms with Crippen molar-refractivity contribution in [3.8, 4) is 0 Å². The Bertz CT molecular complexity index is 410. The molecule has 0 spiro atoms. The molecule has 0 aromatic carbocycles. The van der Waals surface area contributed by atoms with Gasteiger partial charge >= 0.3 is 0 Å². The van der Waals surface area contributed by atoms with Crippen LogP contribution in [0.1, 0.15) is 71.1 Å². The van der Waals surface area contributed by atoms with Crippen LogP contribution in [0.15, 0.2) is 48.6 Å². The van der Waals surface area contributed by atoms with Crippen molar-refractivity contribution in [2.45, 2.75) is 71.1 Å². The van der Waals surface area contributed by atoms with Gasteiger partial charge in [0.1, 0.15) is 5.88 Å². The number of hydrogen-bond donors (Lipinski definition) is 1. The molecule has 0 aromatic heterocycles. The van der Waals surface area contributed by atoms with Crippen LogP contribution in [0.5, 0.6) is 0 Å². The summed E-state index contributed by atoms with van der Waals surface area (Å²) in [5.74, 6) is -0.0311. The van der Waals surface area contributed by atoms with Gasteiger partial charge < -0.3 is 5.32 Å². The van der Waals surface area contributed by atoms with Crippen LogP contribution >= 0.6 is 11.6 Å². The zero-order chi connectivity index (χ0) is 18.4. The fraction of sp³-hybridized carbons (Fsp3) is 0.591. The van der Waals surface area contributed by atoms with Crippen LogP contribution in [-0.4, -0.2) is 18.3 Å². The van der Waals surface area contributed by atoms with Gasteiger partial charge in [-0.05, 0) is 51.4 Å². The molecule has 0 atom stereocenters.